The average molecular weight is 399 g/mol. The topological polar surface area (TPSA) is 90.3 Å². The van der Waals surface area contributed by atoms with Crippen LogP contribution in [-0.4, -0.2) is 28.3 Å². The number of nitrogens with zero attached hydrogens (tertiary/aromatic N) is 2. The average Bonchev–Trinajstić information content (AvgIpc) is 2.64. The number of nitrogens with one attached hydrogen (secondary N) is 1. The van der Waals surface area contributed by atoms with Gasteiger partial charge >= 0.3 is 5.97 Å². The van der Waals surface area contributed by atoms with Gasteiger partial charge in [-0.2, -0.15) is 5.10 Å². The van der Waals surface area contributed by atoms with E-state index in [-0.39, 0.29) is 17.4 Å². The smallest absolute Gasteiger partial charge is 0.344 e. The van der Waals surface area contributed by atoms with E-state index in [0.717, 1.165) is 21.5 Å². The van der Waals surface area contributed by atoms with Crippen molar-refractivity contribution in [1.82, 2.24) is 9.78 Å². The van der Waals surface area contributed by atoms with Crippen LogP contribution in [0.1, 0.15) is 72.3 Å². The first kappa shape index (κ1) is 22.3. The Morgan fingerprint density at radius 1 is 1.10 bits per heavy atom. The molecule has 0 aliphatic carbocycles. The van der Waals surface area contributed by atoms with E-state index in [9.17, 15) is 14.4 Å². The van der Waals surface area contributed by atoms with E-state index in [0.29, 0.717) is 11.3 Å². The van der Waals surface area contributed by atoms with Crippen LogP contribution < -0.4 is 10.9 Å². The van der Waals surface area contributed by atoms with Gasteiger partial charge in [-0.25, -0.2) is 9.48 Å². The van der Waals surface area contributed by atoms with E-state index in [4.69, 9.17) is 4.74 Å². The van der Waals surface area contributed by atoms with Crippen LogP contribution >= 0.6 is 0 Å². The molecule has 29 heavy (non-hydrogen) atoms. The molecule has 0 spiro atoms. The third kappa shape index (κ3) is 4.91. The van der Waals surface area contributed by atoms with E-state index in [1.54, 1.807) is 13.8 Å². The SMILES string of the molecule is Cc1nn(C)c(=O)c(C(=O)OCC(=O)Nc2c(C(C)C)cccc2C(C)C)c1C. The lowest BCUT2D eigenvalue weighted by molar-refractivity contribution is -0.119. The fraction of sp³-hybridized carbons (Fsp3) is 0.455. The summed E-state index contributed by atoms with van der Waals surface area (Å²) in [6.07, 6.45) is 0. The Morgan fingerprint density at radius 3 is 2.17 bits per heavy atom. The number of hydrogen-bond donors (Lipinski definition) is 1. The van der Waals surface area contributed by atoms with E-state index >= 15 is 0 Å². The highest BCUT2D eigenvalue weighted by Crippen LogP contribution is 2.32. The molecule has 0 radical (unpaired) electrons. The highest BCUT2D eigenvalue weighted by molar-refractivity contribution is 5.97. The Labute approximate surface area is 171 Å². The van der Waals surface area contributed by atoms with Crippen LogP contribution in [0.2, 0.25) is 0 Å². The molecule has 7 nitrogen and oxygen atoms in total. The largest absolute Gasteiger partial charge is 0.452 e. The lowest BCUT2D eigenvalue weighted by Gasteiger charge is -2.20. The van der Waals surface area contributed by atoms with Crippen molar-refractivity contribution in [3.63, 3.8) is 0 Å². The number of carbonyl (C=O) groups excluding carboxylic acids is 2. The molecule has 1 N–H and O–H groups in total. The highest BCUT2D eigenvalue weighted by atomic mass is 16.5. The Hall–Kier alpha value is -2.96. The van der Waals surface area contributed by atoms with Crippen LogP contribution in [0.3, 0.4) is 0 Å². The zero-order chi connectivity index (χ0) is 21.9. The predicted molar refractivity (Wildman–Crippen MR) is 112 cm³/mol. The number of ether oxygens (including phenoxy) is 1. The number of amides is 1. The quantitative estimate of drug-likeness (QED) is 0.752. The molecule has 1 aromatic carbocycles. The molecule has 1 amide bonds. The van der Waals surface area contributed by atoms with Gasteiger partial charge in [-0.1, -0.05) is 45.9 Å². The van der Waals surface area contributed by atoms with Gasteiger partial charge in [-0.05, 0) is 42.4 Å². The number of esters is 1. The normalized spacial score (nSPS) is 11.1. The summed E-state index contributed by atoms with van der Waals surface area (Å²) in [5.41, 5.74) is 3.15. The fourth-order valence-corrected chi connectivity index (χ4v) is 3.16. The predicted octanol–water partition coefficient (Wildman–Crippen LogP) is 3.44. The molecule has 0 saturated carbocycles. The Balaban J connectivity index is 2.20. The van der Waals surface area contributed by atoms with Gasteiger partial charge in [0.2, 0.25) is 0 Å². The van der Waals surface area contributed by atoms with Crippen molar-refractivity contribution < 1.29 is 14.3 Å². The molecule has 0 bridgehead atoms. The first-order valence-electron chi connectivity index (χ1n) is 9.68. The zero-order valence-electron chi connectivity index (χ0n) is 18.1. The molecule has 0 unspecified atom stereocenters. The van der Waals surface area contributed by atoms with Crippen LogP contribution in [0.25, 0.3) is 0 Å². The fourth-order valence-electron chi connectivity index (χ4n) is 3.16. The third-order valence-electron chi connectivity index (χ3n) is 4.90. The van der Waals surface area contributed by atoms with Crippen molar-refractivity contribution in [3.8, 4) is 0 Å². The molecule has 2 aromatic rings. The van der Waals surface area contributed by atoms with Crippen molar-refractivity contribution in [2.75, 3.05) is 11.9 Å². The summed E-state index contributed by atoms with van der Waals surface area (Å²) in [7, 11) is 1.47. The summed E-state index contributed by atoms with van der Waals surface area (Å²) < 4.78 is 6.23. The maximum atomic E-state index is 12.5. The number of carbonyl (C=O) groups is 2. The minimum Gasteiger partial charge on any atom is -0.452 e. The molecule has 1 heterocycles. The standard InChI is InChI=1S/C22H29N3O4/c1-12(2)16-9-8-10-17(13(3)4)20(16)23-18(26)11-29-22(28)19-14(5)15(6)24-25(7)21(19)27/h8-10,12-13H,11H2,1-7H3,(H,23,26). The van der Waals surface area contributed by atoms with Gasteiger partial charge in [0.05, 0.1) is 5.69 Å². The van der Waals surface area contributed by atoms with Gasteiger partial charge in [-0.3, -0.25) is 9.59 Å². The van der Waals surface area contributed by atoms with Crippen LogP contribution in [0, 0.1) is 13.8 Å². The maximum Gasteiger partial charge on any atom is 0.344 e. The third-order valence-corrected chi connectivity index (χ3v) is 4.90. The van der Waals surface area contributed by atoms with E-state index in [1.165, 1.54) is 7.05 Å². The van der Waals surface area contributed by atoms with Crippen LogP contribution in [-0.2, 0) is 16.6 Å². The lowest BCUT2D eigenvalue weighted by atomic mass is 9.92. The number of hydrogen-bond acceptors (Lipinski definition) is 5. The van der Waals surface area contributed by atoms with Gasteiger partial charge in [0, 0.05) is 12.7 Å². The summed E-state index contributed by atoms with van der Waals surface area (Å²) in [5.74, 6) is -0.840. The van der Waals surface area contributed by atoms with Gasteiger partial charge in [0.15, 0.2) is 6.61 Å². The Kier molecular flexibility index (Phi) is 6.95. The van der Waals surface area contributed by atoms with Crippen molar-refractivity contribution in [2.24, 2.45) is 7.05 Å². The number of benzene rings is 1. The van der Waals surface area contributed by atoms with Gasteiger partial charge in [-0.15, -0.1) is 0 Å². The summed E-state index contributed by atoms with van der Waals surface area (Å²) in [6.45, 7) is 11.1. The molecule has 0 aliphatic rings. The molecule has 2 rings (SSSR count). The van der Waals surface area contributed by atoms with Crippen molar-refractivity contribution in [1.29, 1.82) is 0 Å². The van der Waals surface area contributed by atoms with E-state index < -0.39 is 24.0 Å². The summed E-state index contributed by atoms with van der Waals surface area (Å²) in [5, 5.41) is 6.93. The zero-order valence-corrected chi connectivity index (χ0v) is 18.1. The molecule has 0 fully saturated rings. The maximum absolute atomic E-state index is 12.5. The summed E-state index contributed by atoms with van der Waals surface area (Å²) in [4.78, 5) is 37.2. The molecule has 0 atom stereocenters. The Bertz CT molecular complexity index is 964. The van der Waals surface area contributed by atoms with Crippen molar-refractivity contribution >= 4 is 17.6 Å². The van der Waals surface area contributed by atoms with Crippen molar-refractivity contribution in [2.45, 2.75) is 53.4 Å². The second-order valence-electron chi connectivity index (χ2n) is 7.76. The number of anilines is 1. The molecule has 7 heteroatoms. The van der Waals surface area contributed by atoms with Gasteiger partial charge < -0.3 is 10.1 Å². The summed E-state index contributed by atoms with van der Waals surface area (Å²) >= 11 is 0. The molecule has 0 aliphatic heterocycles. The summed E-state index contributed by atoms with van der Waals surface area (Å²) in [6, 6.07) is 5.93. The van der Waals surface area contributed by atoms with E-state index in [2.05, 4.69) is 38.1 Å². The van der Waals surface area contributed by atoms with Crippen LogP contribution in [0.4, 0.5) is 5.69 Å². The monoisotopic (exact) mass is 399 g/mol. The number of rotatable bonds is 6. The number of aryl methyl sites for hydroxylation is 2. The minimum absolute atomic E-state index is 0.0988. The van der Waals surface area contributed by atoms with Crippen LogP contribution in [0.5, 0.6) is 0 Å². The minimum atomic E-state index is -0.829. The van der Waals surface area contributed by atoms with Crippen molar-refractivity contribution in [3.05, 3.63) is 56.5 Å². The number of aromatic nitrogens is 2. The van der Waals surface area contributed by atoms with E-state index in [1.807, 2.05) is 18.2 Å². The molecule has 1 aromatic heterocycles. The number of para-hydroxylation sites is 1. The second kappa shape index (κ2) is 9.03. The highest BCUT2D eigenvalue weighted by Gasteiger charge is 2.21. The van der Waals surface area contributed by atoms with Crippen LogP contribution in [0.15, 0.2) is 23.0 Å². The van der Waals surface area contributed by atoms with Gasteiger partial charge in [0.25, 0.3) is 11.5 Å². The first-order valence-corrected chi connectivity index (χ1v) is 9.68. The molecule has 156 valence electrons. The second-order valence-corrected chi connectivity index (χ2v) is 7.76. The lowest BCUT2D eigenvalue weighted by Crippen LogP contribution is -2.31. The molecular formula is C22H29N3O4. The molecular weight excluding hydrogens is 370 g/mol. The molecule has 0 saturated heterocycles. The first-order chi connectivity index (χ1) is 13.5. The Morgan fingerprint density at radius 2 is 1.66 bits per heavy atom. The van der Waals surface area contributed by atoms with Gasteiger partial charge in [0.1, 0.15) is 5.56 Å².